The molecule has 1 aromatic carbocycles. The van der Waals surface area contributed by atoms with Crippen LogP contribution in [-0.4, -0.2) is 49.8 Å². The Morgan fingerprint density at radius 3 is 2.92 bits per heavy atom. The molecule has 1 unspecified atom stereocenters. The Morgan fingerprint density at radius 2 is 2.21 bits per heavy atom. The second-order valence-corrected chi connectivity index (χ2v) is 6.79. The van der Waals surface area contributed by atoms with Gasteiger partial charge in [0.1, 0.15) is 5.82 Å². The van der Waals surface area contributed by atoms with Crippen LogP contribution in [0.1, 0.15) is 25.0 Å². The van der Waals surface area contributed by atoms with E-state index in [1.807, 2.05) is 6.07 Å². The van der Waals surface area contributed by atoms with Gasteiger partial charge in [0.2, 0.25) is 0 Å². The fourth-order valence-electron chi connectivity index (χ4n) is 2.78. The largest absolute Gasteiger partial charge is 0.374 e. The summed E-state index contributed by atoms with van der Waals surface area (Å²) >= 11 is 0. The number of benzene rings is 1. The molecular weight excluding hydrogens is 309 g/mol. The number of carbonyl (C=O) groups excluding carboxylic acids is 1. The van der Waals surface area contributed by atoms with E-state index < -0.39 is 0 Å². The quantitative estimate of drug-likeness (QED) is 0.837. The van der Waals surface area contributed by atoms with E-state index in [4.69, 9.17) is 4.74 Å². The van der Waals surface area contributed by atoms with Gasteiger partial charge in [-0.25, -0.2) is 9.18 Å². The summed E-state index contributed by atoms with van der Waals surface area (Å²) in [4.78, 5) is 14.3. The van der Waals surface area contributed by atoms with Crippen LogP contribution in [0, 0.1) is 18.7 Å². The van der Waals surface area contributed by atoms with Gasteiger partial charge in [-0.2, -0.15) is 0 Å². The van der Waals surface area contributed by atoms with E-state index in [2.05, 4.69) is 29.4 Å². The van der Waals surface area contributed by atoms with Gasteiger partial charge in [-0.15, -0.1) is 0 Å². The van der Waals surface area contributed by atoms with Crippen molar-refractivity contribution in [1.82, 2.24) is 15.5 Å². The van der Waals surface area contributed by atoms with E-state index in [1.54, 1.807) is 13.0 Å². The van der Waals surface area contributed by atoms with Crippen molar-refractivity contribution in [3.05, 3.63) is 35.1 Å². The second-order valence-electron chi connectivity index (χ2n) is 6.79. The highest BCUT2D eigenvalue weighted by Gasteiger charge is 2.21. The predicted octanol–water partition coefficient (Wildman–Crippen LogP) is 2.29. The van der Waals surface area contributed by atoms with Crippen molar-refractivity contribution in [3.63, 3.8) is 0 Å². The van der Waals surface area contributed by atoms with Crippen LogP contribution in [0.4, 0.5) is 9.18 Å². The van der Waals surface area contributed by atoms with Crippen LogP contribution in [0.5, 0.6) is 0 Å². The molecule has 1 aliphatic rings. The third kappa shape index (κ3) is 6.09. The molecule has 6 heteroatoms. The molecule has 1 heterocycles. The zero-order chi connectivity index (χ0) is 17.5. The van der Waals surface area contributed by atoms with E-state index in [9.17, 15) is 9.18 Å². The van der Waals surface area contributed by atoms with Crippen molar-refractivity contribution in [1.29, 1.82) is 0 Å². The minimum Gasteiger partial charge on any atom is -0.374 e. The monoisotopic (exact) mass is 337 g/mol. The van der Waals surface area contributed by atoms with Gasteiger partial charge in [0, 0.05) is 32.7 Å². The number of nitrogens with zero attached hydrogens (tertiary/aromatic N) is 1. The number of carbonyl (C=O) groups is 1. The van der Waals surface area contributed by atoms with Gasteiger partial charge < -0.3 is 15.4 Å². The van der Waals surface area contributed by atoms with E-state index in [0.717, 1.165) is 25.2 Å². The summed E-state index contributed by atoms with van der Waals surface area (Å²) in [5.74, 6) is 0.366. The molecule has 0 aromatic heterocycles. The molecule has 0 radical (unpaired) electrons. The van der Waals surface area contributed by atoms with Gasteiger partial charge in [0.25, 0.3) is 0 Å². The molecule has 0 spiro atoms. The third-order valence-corrected chi connectivity index (χ3v) is 4.03. The first kappa shape index (κ1) is 18.7. The van der Waals surface area contributed by atoms with Crippen LogP contribution in [0.15, 0.2) is 18.2 Å². The van der Waals surface area contributed by atoms with Crippen LogP contribution >= 0.6 is 0 Å². The first-order valence-corrected chi connectivity index (χ1v) is 8.54. The van der Waals surface area contributed by atoms with Gasteiger partial charge in [-0.3, -0.25) is 4.90 Å². The van der Waals surface area contributed by atoms with E-state index in [0.29, 0.717) is 31.2 Å². The SMILES string of the molecule is Cc1ccc(CNC(=O)NCC2CN(CC(C)C)CCO2)cc1F. The maximum atomic E-state index is 13.5. The lowest BCUT2D eigenvalue weighted by Crippen LogP contribution is -2.49. The minimum atomic E-state index is -0.263. The molecule has 1 saturated heterocycles. The number of rotatable bonds is 6. The van der Waals surface area contributed by atoms with Crippen molar-refractivity contribution < 1.29 is 13.9 Å². The molecule has 1 aromatic rings. The molecule has 134 valence electrons. The van der Waals surface area contributed by atoms with Gasteiger partial charge in [0.15, 0.2) is 0 Å². The van der Waals surface area contributed by atoms with Gasteiger partial charge in [-0.1, -0.05) is 26.0 Å². The third-order valence-electron chi connectivity index (χ3n) is 4.03. The van der Waals surface area contributed by atoms with Gasteiger partial charge in [-0.05, 0) is 30.0 Å². The van der Waals surface area contributed by atoms with E-state index >= 15 is 0 Å². The van der Waals surface area contributed by atoms with Gasteiger partial charge >= 0.3 is 6.03 Å². The Bertz CT molecular complexity index is 551. The predicted molar refractivity (Wildman–Crippen MR) is 92.4 cm³/mol. The lowest BCUT2D eigenvalue weighted by molar-refractivity contribution is -0.0290. The molecule has 0 bridgehead atoms. The Labute approximate surface area is 143 Å². The maximum Gasteiger partial charge on any atom is 0.315 e. The highest BCUT2D eigenvalue weighted by molar-refractivity contribution is 5.73. The van der Waals surface area contributed by atoms with Crippen LogP contribution < -0.4 is 10.6 Å². The molecule has 5 nitrogen and oxygen atoms in total. The topological polar surface area (TPSA) is 53.6 Å². The molecule has 1 aliphatic heterocycles. The van der Waals surface area contributed by atoms with Crippen molar-refractivity contribution in [2.24, 2.45) is 5.92 Å². The number of nitrogens with one attached hydrogen (secondary N) is 2. The molecule has 24 heavy (non-hydrogen) atoms. The molecule has 0 aliphatic carbocycles. The number of aryl methyl sites for hydroxylation is 1. The summed E-state index contributed by atoms with van der Waals surface area (Å²) in [6.07, 6.45) is 0.0140. The average molecular weight is 337 g/mol. The Morgan fingerprint density at radius 1 is 1.42 bits per heavy atom. The number of urea groups is 1. The van der Waals surface area contributed by atoms with E-state index in [-0.39, 0.29) is 18.0 Å². The van der Waals surface area contributed by atoms with E-state index in [1.165, 1.54) is 6.07 Å². The summed E-state index contributed by atoms with van der Waals surface area (Å²) in [6.45, 7) is 10.4. The average Bonchev–Trinajstić information content (AvgIpc) is 2.54. The van der Waals surface area contributed by atoms with Crippen molar-refractivity contribution in [2.75, 3.05) is 32.8 Å². The molecule has 2 rings (SSSR count). The van der Waals surface area contributed by atoms with Crippen molar-refractivity contribution >= 4 is 6.03 Å². The summed E-state index contributed by atoms with van der Waals surface area (Å²) < 4.78 is 19.2. The standard InChI is InChI=1S/C18H28FN3O2/c1-13(2)11-22-6-7-24-16(12-22)10-21-18(23)20-9-15-5-4-14(3)17(19)8-15/h4-5,8,13,16H,6-7,9-12H2,1-3H3,(H2,20,21,23). The van der Waals surface area contributed by atoms with Crippen LogP contribution in [0.2, 0.25) is 0 Å². The fourth-order valence-corrected chi connectivity index (χ4v) is 2.78. The summed E-state index contributed by atoms with van der Waals surface area (Å²) in [5, 5.41) is 5.57. The maximum absolute atomic E-state index is 13.5. The first-order valence-electron chi connectivity index (χ1n) is 8.54. The lowest BCUT2D eigenvalue weighted by atomic mass is 10.1. The minimum absolute atomic E-state index is 0.0140. The van der Waals surface area contributed by atoms with Crippen molar-refractivity contribution in [2.45, 2.75) is 33.4 Å². The summed E-state index contributed by atoms with van der Waals surface area (Å²) in [6, 6.07) is 4.71. The Kier molecular flexibility index (Phi) is 6.99. The lowest BCUT2D eigenvalue weighted by Gasteiger charge is -2.33. The van der Waals surface area contributed by atoms with Crippen LogP contribution in [0.3, 0.4) is 0 Å². The molecule has 0 saturated carbocycles. The molecule has 1 fully saturated rings. The zero-order valence-electron chi connectivity index (χ0n) is 14.8. The molecular formula is C18H28FN3O2. The van der Waals surface area contributed by atoms with Gasteiger partial charge in [0.05, 0.1) is 12.7 Å². The highest BCUT2D eigenvalue weighted by atomic mass is 19.1. The number of hydrogen-bond acceptors (Lipinski definition) is 3. The first-order chi connectivity index (χ1) is 11.4. The van der Waals surface area contributed by atoms with Crippen molar-refractivity contribution in [3.8, 4) is 0 Å². The number of halogens is 1. The summed E-state index contributed by atoms with van der Waals surface area (Å²) in [5.41, 5.74) is 1.34. The zero-order valence-corrected chi connectivity index (χ0v) is 14.8. The summed E-state index contributed by atoms with van der Waals surface area (Å²) in [7, 11) is 0. The van der Waals surface area contributed by atoms with Crippen LogP contribution in [0.25, 0.3) is 0 Å². The number of hydrogen-bond donors (Lipinski definition) is 2. The molecule has 1 atom stereocenters. The number of amides is 2. The smallest absolute Gasteiger partial charge is 0.315 e. The molecule has 2 N–H and O–H groups in total. The van der Waals surface area contributed by atoms with Crippen LogP contribution in [-0.2, 0) is 11.3 Å². The molecule has 2 amide bonds. The Balaban J connectivity index is 1.69. The normalized spacial score (nSPS) is 18.6. The number of morpholine rings is 1. The highest BCUT2D eigenvalue weighted by Crippen LogP contribution is 2.09. The Hall–Kier alpha value is -1.66. The number of ether oxygens (including phenoxy) is 1. The second kappa shape index (κ2) is 8.99. The fraction of sp³-hybridized carbons (Fsp3) is 0.611.